The van der Waals surface area contributed by atoms with Crippen molar-refractivity contribution in [2.24, 2.45) is 0 Å². The Hall–Kier alpha value is -0.236. The van der Waals surface area contributed by atoms with Crippen molar-refractivity contribution < 1.29 is 20.0 Å². The van der Waals surface area contributed by atoms with Crippen molar-refractivity contribution in [1.29, 1.82) is 0 Å². The molecule has 0 aliphatic carbocycles. The van der Waals surface area contributed by atoms with Gasteiger partial charge in [-0.15, -0.1) is 0 Å². The van der Waals surface area contributed by atoms with Crippen LogP contribution in [-0.4, -0.2) is 10.9 Å². The van der Waals surface area contributed by atoms with Crippen LogP contribution in [-0.2, 0) is 20.0 Å². The summed E-state index contributed by atoms with van der Waals surface area (Å²) in [6, 6.07) is 11.0. The number of hydrogen-bond donors (Lipinski definition) is 1. The summed E-state index contributed by atoms with van der Waals surface area (Å²) in [5.74, 6) is 0. The zero-order chi connectivity index (χ0) is 10.2. The van der Waals surface area contributed by atoms with Gasteiger partial charge in [0.15, 0.2) is 0 Å². The van der Waals surface area contributed by atoms with E-state index < -0.39 is 0 Å². The molecule has 0 spiro atoms. The van der Waals surface area contributed by atoms with Crippen LogP contribution in [0.5, 0.6) is 0 Å². The maximum absolute atomic E-state index is 3.51. The molecular weight excluding hydrogens is 206 g/mol. The number of nitrogens with one attached hydrogen (secondary N) is 1. The van der Waals surface area contributed by atoms with Gasteiger partial charge < -0.3 is 0 Å². The summed E-state index contributed by atoms with van der Waals surface area (Å²) in [4.78, 5) is 0. The van der Waals surface area contributed by atoms with Crippen LogP contribution in [0.3, 0.4) is 0 Å². The van der Waals surface area contributed by atoms with Crippen molar-refractivity contribution in [3.63, 3.8) is 0 Å². The molecule has 14 heavy (non-hydrogen) atoms. The molecule has 0 amide bonds. The van der Waals surface area contributed by atoms with Crippen LogP contribution < -0.4 is 5.32 Å². The van der Waals surface area contributed by atoms with Gasteiger partial charge in [-0.05, 0) is 0 Å². The average Bonchev–Trinajstić information content (AvgIpc) is 2.25. The molecule has 0 saturated carbocycles. The van der Waals surface area contributed by atoms with Crippen molar-refractivity contribution in [3.8, 4) is 0 Å². The monoisotopic (exact) mass is 223 g/mol. The molecule has 0 fully saturated rings. The number of hydrogen-bond acceptors (Lipinski definition) is 1. The summed E-state index contributed by atoms with van der Waals surface area (Å²) >= 11 is 2.11. The zero-order valence-electron chi connectivity index (χ0n) is 8.66. The van der Waals surface area contributed by atoms with E-state index in [1.54, 1.807) is 0 Å². The quantitative estimate of drug-likeness (QED) is 0.577. The summed E-state index contributed by atoms with van der Waals surface area (Å²) in [7, 11) is 0. The molecule has 0 unspecified atom stereocenters. The Morgan fingerprint density at radius 1 is 1.36 bits per heavy atom. The fourth-order valence-electron chi connectivity index (χ4n) is 1.38. The molecule has 1 rings (SSSR count). The van der Waals surface area contributed by atoms with Gasteiger partial charge in [0.2, 0.25) is 0 Å². The van der Waals surface area contributed by atoms with Gasteiger partial charge in [0.1, 0.15) is 0 Å². The Balaban J connectivity index is 2.28. The molecule has 0 aliphatic rings. The van der Waals surface area contributed by atoms with E-state index in [0.717, 1.165) is 6.54 Å². The van der Waals surface area contributed by atoms with E-state index >= 15 is 0 Å². The Morgan fingerprint density at radius 3 is 2.71 bits per heavy atom. The molecule has 72 valence electrons. The molecule has 0 heterocycles. The molecule has 1 aromatic rings. The second-order valence-electron chi connectivity index (χ2n) is 3.43. The van der Waals surface area contributed by atoms with Crippen LogP contribution in [0.4, 0.5) is 0 Å². The molecule has 1 nitrogen and oxygen atoms in total. The maximum atomic E-state index is 3.51. The van der Waals surface area contributed by atoms with Gasteiger partial charge in [-0.25, -0.2) is 0 Å². The fraction of sp³-hybridized carbons (Fsp3) is 0.417. The minimum atomic E-state index is 0.466. The second kappa shape index (κ2) is 7.11. The van der Waals surface area contributed by atoms with Crippen LogP contribution in [0.25, 0.3) is 0 Å². The average molecular weight is 223 g/mol. The van der Waals surface area contributed by atoms with E-state index in [1.807, 2.05) is 0 Å². The Kier molecular flexibility index (Phi) is 6.01. The zero-order valence-corrected chi connectivity index (χ0v) is 10.2. The van der Waals surface area contributed by atoms with E-state index in [2.05, 4.69) is 66.9 Å². The van der Waals surface area contributed by atoms with Crippen molar-refractivity contribution in [2.45, 2.75) is 25.8 Å². The first-order chi connectivity index (χ1) is 6.84. The Morgan fingerprint density at radius 2 is 2.07 bits per heavy atom. The molecule has 0 bridgehead atoms. The van der Waals surface area contributed by atoms with Gasteiger partial charge in [-0.2, -0.15) is 0 Å². The van der Waals surface area contributed by atoms with E-state index in [-0.39, 0.29) is 0 Å². The van der Waals surface area contributed by atoms with Crippen molar-refractivity contribution in [1.82, 2.24) is 5.32 Å². The molecule has 1 aromatic carbocycles. The first-order valence-corrected chi connectivity index (χ1v) is 6.02. The first kappa shape index (κ1) is 11.8. The van der Waals surface area contributed by atoms with Crippen LogP contribution in [0.1, 0.15) is 31.4 Å². The number of rotatable bonds is 6. The molecule has 2 heteroatoms. The molecule has 0 aromatic heterocycles. The molecule has 0 radical (unpaired) electrons. The van der Waals surface area contributed by atoms with E-state index in [9.17, 15) is 0 Å². The molecule has 0 saturated heterocycles. The minimum absolute atomic E-state index is 0.466. The van der Waals surface area contributed by atoms with Gasteiger partial charge in [-0.1, -0.05) is 0 Å². The van der Waals surface area contributed by atoms with E-state index in [0.29, 0.717) is 6.04 Å². The Labute approximate surface area is 97.8 Å². The van der Waals surface area contributed by atoms with Gasteiger partial charge in [0, 0.05) is 0 Å². The predicted molar refractivity (Wildman–Crippen MR) is 58.2 cm³/mol. The standard InChI is InChI=1S/C12H17N.Ti/c1-3-4-10-13-11(2)12-8-6-5-7-9-12;/h1,5-9,11,13H,3-4,10H2,2H3;/q;+2/t11-;/m1./s1. The third kappa shape index (κ3) is 4.32. The van der Waals surface area contributed by atoms with Gasteiger partial charge in [-0.3, -0.25) is 0 Å². The summed E-state index contributed by atoms with van der Waals surface area (Å²) in [6.45, 7) is 3.31. The third-order valence-corrected chi connectivity index (χ3v) is 2.73. The third-order valence-electron chi connectivity index (χ3n) is 2.28. The summed E-state index contributed by atoms with van der Waals surface area (Å²) in [6.07, 6.45) is 2.43. The number of benzene rings is 1. The normalized spacial score (nSPS) is 12.5. The summed E-state index contributed by atoms with van der Waals surface area (Å²) in [5, 5.41) is 3.51. The number of unbranched alkanes of at least 4 members (excludes halogenated alkanes) is 1. The molecule has 1 atom stereocenters. The van der Waals surface area contributed by atoms with Crippen molar-refractivity contribution in [3.05, 3.63) is 35.9 Å². The topological polar surface area (TPSA) is 12.0 Å². The van der Waals surface area contributed by atoms with Crippen LogP contribution in [0.15, 0.2) is 30.3 Å². The van der Waals surface area contributed by atoms with Gasteiger partial charge >= 0.3 is 97.9 Å². The molecule has 1 N–H and O–H groups in total. The van der Waals surface area contributed by atoms with E-state index in [4.69, 9.17) is 0 Å². The summed E-state index contributed by atoms with van der Waals surface area (Å²) in [5.41, 5.74) is 1.37. The summed E-state index contributed by atoms with van der Waals surface area (Å²) < 4.78 is 2.22. The van der Waals surface area contributed by atoms with Crippen molar-refractivity contribution >= 4 is 4.31 Å². The van der Waals surface area contributed by atoms with Crippen LogP contribution in [0.2, 0.25) is 0 Å². The van der Waals surface area contributed by atoms with Crippen LogP contribution in [0, 0.1) is 0 Å². The predicted octanol–water partition coefficient (Wildman–Crippen LogP) is 2.47. The van der Waals surface area contributed by atoms with Gasteiger partial charge in [0.25, 0.3) is 0 Å². The van der Waals surface area contributed by atoms with Gasteiger partial charge in [0.05, 0.1) is 0 Å². The molecule has 0 aliphatic heterocycles. The molecular formula is C12H17NTi+2. The van der Waals surface area contributed by atoms with E-state index in [1.165, 1.54) is 18.4 Å². The Bertz CT molecular complexity index is 258. The first-order valence-electron chi connectivity index (χ1n) is 5.12. The second-order valence-corrected chi connectivity index (χ2v) is 4.07. The SMILES string of the molecule is C[C@@H](NCCC[CH]=[Ti+2])c1ccccc1. The van der Waals surface area contributed by atoms with Crippen LogP contribution >= 0.6 is 0 Å². The fourth-order valence-corrected chi connectivity index (χ4v) is 1.70. The van der Waals surface area contributed by atoms with Crippen molar-refractivity contribution in [2.75, 3.05) is 6.54 Å².